The quantitative estimate of drug-likeness (QED) is 0.524. The predicted molar refractivity (Wildman–Crippen MR) is 105 cm³/mol. The van der Waals surface area contributed by atoms with Crippen LogP contribution in [0.3, 0.4) is 0 Å². The molecule has 6 nitrogen and oxygen atoms in total. The SMILES string of the molecule is CCOc1nc(NCc2ccc(F)cc2)nc2ncc(-c3cccc(F)c3)nc12. The summed E-state index contributed by atoms with van der Waals surface area (Å²) < 4.78 is 32.2. The fourth-order valence-corrected chi connectivity index (χ4v) is 2.77. The van der Waals surface area contributed by atoms with E-state index in [0.717, 1.165) is 5.56 Å². The predicted octanol–water partition coefficient (Wildman–Crippen LogP) is 4.38. The lowest BCUT2D eigenvalue weighted by Gasteiger charge is -2.10. The molecule has 0 saturated heterocycles. The van der Waals surface area contributed by atoms with E-state index >= 15 is 0 Å². The number of hydrogen-bond donors (Lipinski definition) is 1. The molecule has 0 amide bonds. The van der Waals surface area contributed by atoms with Crippen LogP contribution >= 0.6 is 0 Å². The van der Waals surface area contributed by atoms with Gasteiger partial charge in [0, 0.05) is 12.1 Å². The van der Waals surface area contributed by atoms with Gasteiger partial charge in [-0.05, 0) is 36.8 Å². The Morgan fingerprint density at radius 3 is 2.55 bits per heavy atom. The zero-order valence-electron chi connectivity index (χ0n) is 15.6. The van der Waals surface area contributed by atoms with E-state index in [1.807, 2.05) is 6.92 Å². The van der Waals surface area contributed by atoms with Crippen molar-refractivity contribution in [3.05, 3.63) is 71.9 Å². The van der Waals surface area contributed by atoms with Crippen molar-refractivity contribution in [1.29, 1.82) is 0 Å². The third-order valence-corrected chi connectivity index (χ3v) is 4.14. The van der Waals surface area contributed by atoms with Crippen LogP contribution in [0.1, 0.15) is 12.5 Å². The van der Waals surface area contributed by atoms with Crippen LogP contribution in [0.4, 0.5) is 14.7 Å². The third kappa shape index (κ3) is 4.26. The average molecular weight is 393 g/mol. The smallest absolute Gasteiger partial charge is 0.247 e. The van der Waals surface area contributed by atoms with E-state index < -0.39 is 0 Å². The minimum atomic E-state index is -0.356. The van der Waals surface area contributed by atoms with Crippen molar-refractivity contribution >= 4 is 17.1 Å². The highest BCUT2D eigenvalue weighted by Gasteiger charge is 2.13. The summed E-state index contributed by atoms with van der Waals surface area (Å²) in [6.07, 6.45) is 1.53. The van der Waals surface area contributed by atoms with Gasteiger partial charge >= 0.3 is 0 Å². The molecule has 29 heavy (non-hydrogen) atoms. The summed E-state index contributed by atoms with van der Waals surface area (Å²) in [4.78, 5) is 17.6. The fraction of sp³-hybridized carbons (Fsp3) is 0.143. The van der Waals surface area contributed by atoms with Crippen molar-refractivity contribution < 1.29 is 13.5 Å². The fourth-order valence-electron chi connectivity index (χ4n) is 2.77. The van der Waals surface area contributed by atoms with E-state index in [4.69, 9.17) is 4.74 Å². The normalized spacial score (nSPS) is 10.9. The number of aromatic nitrogens is 4. The Morgan fingerprint density at radius 2 is 1.79 bits per heavy atom. The number of anilines is 1. The van der Waals surface area contributed by atoms with E-state index in [1.165, 1.54) is 30.5 Å². The molecule has 0 unspecified atom stereocenters. The van der Waals surface area contributed by atoms with Gasteiger partial charge in [0.25, 0.3) is 0 Å². The molecular weight excluding hydrogens is 376 g/mol. The van der Waals surface area contributed by atoms with Gasteiger partial charge in [-0.15, -0.1) is 0 Å². The zero-order valence-corrected chi connectivity index (χ0v) is 15.6. The summed E-state index contributed by atoms with van der Waals surface area (Å²) >= 11 is 0. The number of nitrogens with zero attached hydrogens (tertiary/aromatic N) is 4. The molecule has 0 aliphatic carbocycles. The van der Waals surface area contributed by atoms with Gasteiger partial charge in [-0.2, -0.15) is 9.97 Å². The van der Waals surface area contributed by atoms with Gasteiger partial charge in [-0.3, -0.25) is 0 Å². The van der Waals surface area contributed by atoms with Crippen molar-refractivity contribution in [2.45, 2.75) is 13.5 Å². The zero-order chi connectivity index (χ0) is 20.2. The maximum atomic E-state index is 13.5. The van der Waals surface area contributed by atoms with Gasteiger partial charge in [0.05, 0.1) is 18.5 Å². The van der Waals surface area contributed by atoms with Crippen molar-refractivity contribution in [1.82, 2.24) is 19.9 Å². The first-order valence-electron chi connectivity index (χ1n) is 9.04. The van der Waals surface area contributed by atoms with Gasteiger partial charge in [0.2, 0.25) is 11.8 Å². The van der Waals surface area contributed by atoms with Crippen molar-refractivity contribution in [2.24, 2.45) is 0 Å². The highest BCUT2D eigenvalue weighted by molar-refractivity contribution is 5.79. The molecule has 8 heteroatoms. The number of ether oxygens (including phenoxy) is 1. The van der Waals surface area contributed by atoms with Crippen molar-refractivity contribution in [3.8, 4) is 17.1 Å². The largest absolute Gasteiger partial charge is 0.476 e. The Bertz CT molecular complexity index is 1150. The van der Waals surface area contributed by atoms with Crippen LogP contribution < -0.4 is 10.1 Å². The number of benzene rings is 2. The maximum absolute atomic E-state index is 13.5. The van der Waals surface area contributed by atoms with Crippen LogP contribution in [0, 0.1) is 11.6 Å². The molecular formula is C21H17F2N5O. The van der Waals surface area contributed by atoms with Gasteiger partial charge in [0.15, 0.2) is 11.2 Å². The standard InChI is InChI=1S/C21H17F2N5O/c1-2-29-20-18-19(24-12-17(26-18)14-4-3-5-16(23)10-14)27-21(28-20)25-11-13-6-8-15(22)9-7-13/h3-10,12H,2,11H2,1H3,(H,24,25,27,28). The molecule has 0 radical (unpaired) electrons. The average Bonchev–Trinajstić information content (AvgIpc) is 2.73. The topological polar surface area (TPSA) is 72.8 Å². The summed E-state index contributed by atoms with van der Waals surface area (Å²) in [6.45, 7) is 2.63. The molecule has 146 valence electrons. The molecule has 0 fully saturated rings. The summed E-state index contributed by atoms with van der Waals surface area (Å²) in [5.41, 5.74) is 2.71. The van der Waals surface area contributed by atoms with Crippen LogP contribution in [0.2, 0.25) is 0 Å². The van der Waals surface area contributed by atoms with E-state index in [2.05, 4.69) is 25.3 Å². The Hall–Kier alpha value is -3.68. The van der Waals surface area contributed by atoms with Crippen molar-refractivity contribution in [3.63, 3.8) is 0 Å². The lowest BCUT2D eigenvalue weighted by molar-refractivity contribution is 0.330. The monoisotopic (exact) mass is 393 g/mol. The van der Waals surface area contributed by atoms with E-state index in [1.54, 1.807) is 24.3 Å². The van der Waals surface area contributed by atoms with Gasteiger partial charge in [0.1, 0.15) is 11.6 Å². The molecule has 0 bridgehead atoms. The summed E-state index contributed by atoms with van der Waals surface area (Å²) in [5.74, 6) is -0.0485. The molecule has 0 spiro atoms. The van der Waals surface area contributed by atoms with E-state index in [0.29, 0.717) is 41.5 Å². The summed E-state index contributed by atoms with van der Waals surface area (Å²) in [5, 5.41) is 3.08. The van der Waals surface area contributed by atoms with Crippen LogP contribution in [-0.2, 0) is 6.54 Å². The number of nitrogens with one attached hydrogen (secondary N) is 1. The molecule has 0 aliphatic rings. The second-order valence-corrected chi connectivity index (χ2v) is 6.20. The second kappa shape index (κ2) is 8.14. The van der Waals surface area contributed by atoms with E-state index in [9.17, 15) is 8.78 Å². The molecule has 0 atom stereocenters. The number of rotatable bonds is 6. The first kappa shape index (κ1) is 18.7. The number of hydrogen-bond acceptors (Lipinski definition) is 6. The molecule has 1 N–H and O–H groups in total. The van der Waals surface area contributed by atoms with E-state index in [-0.39, 0.29) is 17.5 Å². The number of halogens is 2. The van der Waals surface area contributed by atoms with Crippen molar-refractivity contribution in [2.75, 3.05) is 11.9 Å². The maximum Gasteiger partial charge on any atom is 0.247 e. The molecule has 4 aromatic rings. The van der Waals surface area contributed by atoms with Gasteiger partial charge in [-0.1, -0.05) is 24.3 Å². The second-order valence-electron chi connectivity index (χ2n) is 6.20. The summed E-state index contributed by atoms with van der Waals surface area (Å²) in [7, 11) is 0. The molecule has 4 rings (SSSR count). The van der Waals surface area contributed by atoms with Gasteiger partial charge in [-0.25, -0.2) is 18.7 Å². The minimum Gasteiger partial charge on any atom is -0.476 e. The molecule has 0 saturated carbocycles. The highest BCUT2D eigenvalue weighted by Crippen LogP contribution is 2.25. The highest BCUT2D eigenvalue weighted by atomic mass is 19.1. The minimum absolute atomic E-state index is 0.282. The lowest BCUT2D eigenvalue weighted by atomic mass is 10.1. The molecule has 2 heterocycles. The lowest BCUT2D eigenvalue weighted by Crippen LogP contribution is -2.07. The molecule has 2 aromatic carbocycles. The third-order valence-electron chi connectivity index (χ3n) is 4.14. The van der Waals surface area contributed by atoms with Crippen LogP contribution in [0.25, 0.3) is 22.4 Å². The first-order chi connectivity index (χ1) is 14.1. The van der Waals surface area contributed by atoms with Crippen LogP contribution in [-0.4, -0.2) is 26.5 Å². The Morgan fingerprint density at radius 1 is 0.966 bits per heavy atom. The Kier molecular flexibility index (Phi) is 5.24. The summed E-state index contributed by atoms with van der Waals surface area (Å²) in [6, 6.07) is 12.3. The van der Waals surface area contributed by atoms with Crippen LogP contribution in [0.5, 0.6) is 5.88 Å². The first-order valence-corrected chi connectivity index (χ1v) is 9.04. The number of fused-ring (bicyclic) bond motifs is 1. The van der Waals surface area contributed by atoms with Gasteiger partial charge < -0.3 is 10.1 Å². The Labute approximate surface area is 165 Å². The molecule has 0 aliphatic heterocycles. The van der Waals surface area contributed by atoms with Crippen LogP contribution in [0.15, 0.2) is 54.7 Å². The molecule has 2 aromatic heterocycles. The Balaban J connectivity index is 1.67.